The highest BCUT2D eigenvalue weighted by Crippen LogP contribution is 2.62. The summed E-state index contributed by atoms with van der Waals surface area (Å²) in [6.45, 7) is 8.92. The smallest absolute Gasteiger partial charge is 0.415 e. The molecule has 2 heterocycles. The number of hydrogen-bond acceptors (Lipinski definition) is 12. The van der Waals surface area contributed by atoms with Crippen LogP contribution in [0.25, 0.3) is 0 Å². The van der Waals surface area contributed by atoms with Crippen molar-refractivity contribution in [1.29, 1.82) is 0 Å². The Kier molecular flexibility index (Phi) is 14.6. The molecule has 4 aliphatic rings. The van der Waals surface area contributed by atoms with E-state index in [1.54, 1.807) is 13.1 Å². The molecular formula is C48H59N3O11. The summed E-state index contributed by atoms with van der Waals surface area (Å²) >= 11 is 0. The van der Waals surface area contributed by atoms with Crippen molar-refractivity contribution in [1.82, 2.24) is 4.90 Å². The molecule has 3 aromatic rings. The van der Waals surface area contributed by atoms with Crippen molar-refractivity contribution in [2.75, 3.05) is 33.5 Å². The van der Waals surface area contributed by atoms with E-state index in [-0.39, 0.29) is 55.4 Å². The average Bonchev–Trinajstić information content (AvgIpc) is 3.27. The van der Waals surface area contributed by atoms with Gasteiger partial charge in [0.1, 0.15) is 29.0 Å². The first kappa shape index (κ1) is 44.8. The van der Waals surface area contributed by atoms with Gasteiger partial charge in [0.2, 0.25) is 12.1 Å². The lowest BCUT2D eigenvalue weighted by atomic mass is 9.55. The van der Waals surface area contributed by atoms with Crippen molar-refractivity contribution in [3.63, 3.8) is 0 Å². The lowest BCUT2D eigenvalue weighted by Crippen LogP contribution is -2.69. The Labute approximate surface area is 363 Å². The number of likely N-dealkylation sites (N-methyl/N-ethyl adjacent to an activating group) is 1. The van der Waals surface area contributed by atoms with Gasteiger partial charge in [0, 0.05) is 56.7 Å². The van der Waals surface area contributed by atoms with Crippen LogP contribution < -0.4 is 14.2 Å². The molecule has 0 aromatic heterocycles. The minimum atomic E-state index is -1.50. The van der Waals surface area contributed by atoms with Crippen LogP contribution in [0.3, 0.4) is 0 Å². The highest BCUT2D eigenvalue weighted by Gasteiger charge is 2.65. The van der Waals surface area contributed by atoms with Crippen molar-refractivity contribution in [2.45, 2.75) is 102 Å². The number of allylic oxidation sites excluding steroid dienone is 1. The fourth-order valence-corrected chi connectivity index (χ4v) is 9.56. The zero-order valence-electron chi connectivity index (χ0n) is 35.9. The number of benzene rings is 3. The maximum Gasteiger partial charge on any atom is 0.415 e. The summed E-state index contributed by atoms with van der Waals surface area (Å²) in [5.41, 5.74) is 4.59. The van der Waals surface area contributed by atoms with Crippen LogP contribution in [-0.4, -0.2) is 83.4 Å². The maximum absolute atomic E-state index is 14.3. The number of ether oxygens (including phenoxy) is 5. The molecule has 2 N–H and O–H groups in total. The van der Waals surface area contributed by atoms with Gasteiger partial charge in [-0.25, -0.2) is 4.79 Å². The summed E-state index contributed by atoms with van der Waals surface area (Å²) in [5, 5.41) is 36.1. The number of carbonyl (C=O) groups excluding carboxylic acids is 1. The largest absolute Gasteiger partial charge is 0.459 e. The maximum atomic E-state index is 14.3. The highest BCUT2D eigenvalue weighted by atomic mass is 16.8. The van der Waals surface area contributed by atoms with Gasteiger partial charge in [-0.15, -0.1) is 6.58 Å². The molecule has 0 spiro atoms. The minimum absolute atomic E-state index is 0.0141. The number of nitro benzene ring substituents is 1. The number of carbonyl (C=O) groups is 1. The molecule has 7 rings (SSSR count). The fraction of sp³-hybridized carbons (Fsp3) is 0.500. The van der Waals surface area contributed by atoms with Crippen LogP contribution in [0.5, 0.6) is 23.0 Å². The van der Waals surface area contributed by atoms with E-state index in [0.29, 0.717) is 48.8 Å². The predicted octanol–water partition coefficient (Wildman–Crippen LogP) is 9.29. The molecule has 2 fully saturated rings. The molecule has 62 heavy (non-hydrogen) atoms. The van der Waals surface area contributed by atoms with Gasteiger partial charge < -0.3 is 43.6 Å². The standard InChI is InChI=1S/C48H59N3O11/c1-5-25-58-48-43(50(4)47(54)60-35-19-16-34(17-20-35)51(55)56)30-41(49-62-44-14-8-11-26-57-44)39-28-33(12-6-9-23-52)38(13-7-10-24-53)45(46(39)48)40-29-37(21-22-42(40)61-48)59-36-18-15-31(2)32(3)27-36/h5,15-22,27-29,33,38,43-46,52-53H,1,6-14,23-26,30H2,2-4H3/t33-,38+,43-,44?,45+,46+,48+/m0/s1. The third-order valence-corrected chi connectivity index (χ3v) is 12.8. The van der Waals surface area contributed by atoms with Crippen LogP contribution >= 0.6 is 0 Å². The fourth-order valence-electron chi connectivity index (χ4n) is 9.56. The number of non-ortho nitro benzene ring substituents is 1. The highest BCUT2D eigenvalue weighted by molar-refractivity contribution is 6.03. The van der Waals surface area contributed by atoms with Gasteiger partial charge in [-0.1, -0.05) is 36.2 Å². The van der Waals surface area contributed by atoms with Gasteiger partial charge in [0.15, 0.2) is 0 Å². The number of aryl methyl sites for hydroxylation is 2. The molecule has 0 bridgehead atoms. The summed E-state index contributed by atoms with van der Waals surface area (Å²) < 4.78 is 32.5. The molecule has 1 saturated heterocycles. The van der Waals surface area contributed by atoms with E-state index in [1.165, 1.54) is 29.2 Å². The Morgan fingerprint density at radius 1 is 0.984 bits per heavy atom. The van der Waals surface area contributed by atoms with Crippen molar-refractivity contribution < 1.29 is 48.5 Å². The molecule has 14 nitrogen and oxygen atoms in total. The summed E-state index contributed by atoms with van der Waals surface area (Å²) in [7, 11) is 1.63. The topological polar surface area (TPSA) is 172 Å². The van der Waals surface area contributed by atoms with E-state index in [9.17, 15) is 25.1 Å². The first-order valence-corrected chi connectivity index (χ1v) is 21.9. The second-order valence-corrected chi connectivity index (χ2v) is 16.8. The number of unbranched alkanes of at least 4 members (excludes halogenated alkanes) is 2. The first-order valence-electron chi connectivity index (χ1n) is 21.9. The zero-order chi connectivity index (χ0) is 43.8. The number of aliphatic hydroxyl groups excluding tert-OH is 2. The molecule has 2 aliphatic heterocycles. The van der Waals surface area contributed by atoms with E-state index < -0.39 is 35.1 Å². The lowest BCUT2D eigenvalue weighted by molar-refractivity contribution is -0.384. The molecule has 332 valence electrons. The van der Waals surface area contributed by atoms with Gasteiger partial charge in [0.05, 0.1) is 29.8 Å². The van der Waals surface area contributed by atoms with Gasteiger partial charge in [-0.05, 0) is 123 Å². The Morgan fingerprint density at radius 2 is 1.71 bits per heavy atom. The van der Waals surface area contributed by atoms with Crippen LogP contribution in [0.2, 0.25) is 0 Å². The molecule has 7 atom stereocenters. The second kappa shape index (κ2) is 20.3. The van der Waals surface area contributed by atoms with Crippen LogP contribution in [0.15, 0.2) is 90.1 Å². The van der Waals surface area contributed by atoms with E-state index >= 15 is 0 Å². The number of rotatable bonds is 18. The molecule has 1 saturated carbocycles. The Bertz CT molecular complexity index is 2120. The molecule has 14 heteroatoms. The molecular weight excluding hydrogens is 795 g/mol. The third-order valence-electron chi connectivity index (χ3n) is 12.8. The van der Waals surface area contributed by atoms with Crippen LogP contribution in [-0.2, 0) is 14.3 Å². The van der Waals surface area contributed by atoms with Crippen molar-refractivity contribution >= 4 is 17.5 Å². The molecule has 1 amide bonds. The van der Waals surface area contributed by atoms with E-state index in [2.05, 4.69) is 32.6 Å². The van der Waals surface area contributed by atoms with Gasteiger partial charge in [0.25, 0.3) is 5.69 Å². The summed E-state index contributed by atoms with van der Waals surface area (Å²) in [6, 6.07) is 16.4. The van der Waals surface area contributed by atoms with E-state index in [4.69, 9.17) is 33.7 Å². The van der Waals surface area contributed by atoms with Gasteiger partial charge in [-0.3, -0.25) is 10.1 Å². The van der Waals surface area contributed by atoms with Gasteiger partial charge in [-0.2, -0.15) is 0 Å². The Hall–Kier alpha value is -5.28. The molecule has 2 aliphatic carbocycles. The quantitative estimate of drug-likeness (QED) is 0.0541. The summed E-state index contributed by atoms with van der Waals surface area (Å²) in [6.07, 6.45) is 9.86. The predicted molar refractivity (Wildman–Crippen MR) is 233 cm³/mol. The van der Waals surface area contributed by atoms with Gasteiger partial charge >= 0.3 is 6.09 Å². The summed E-state index contributed by atoms with van der Waals surface area (Å²) in [4.78, 5) is 32.8. The molecule has 1 unspecified atom stereocenters. The number of aliphatic hydroxyl groups is 2. The average molecular weight is 854 g/mol. The first-order chi connectivity index (χ1) is 30.1. The Morgan fingerprint density at radius 3 is 2.40 bits per heavy atom. The summed E-state index contributed by atoms with van der Waals surface area (Å²) in [5.74, 6) is -0.176. The van der Waals surface area contributed by atoms with Crippen LogP contribution in [0.1, 0.15) is 86.8 Å². The van der Waals surface area contributed by atoms with Crippen LogP contribution in [0, 0.1) is 41.7 Å². The van der Waals surface area contributed by atoms with Crippen molar-refractivity contribution in [3.8, 4) is 23.0 Å². The van der Waals surface area contributed by atoms with Crippen LogP contribution in [0.4, 0.5) is 10.5 Å². The number of amides is 1. The molecule has 3 aromatic carbocycles. The number of hydrogen-bond donors (Lipinski definition) is 2. The minimum Gasteiger partial charge on any atom is -0.459 e. The normalized spacial score (nSPS) is 25.7. The lowest BCUT2D eigenvalue weighted by Gasteiger charge is -2.59. The number of oxime groups is 1. The second-order valence-electron chi connectivity index (χ2n) is 16.8. The Balaban J connectivity index is 1.39. The van der Waals surface area contributed by atoms with E-state index in [1.807, 2.05) is 30.3 Å². The van der Waals surface area contributed by atoms with Crippen molar-refractivity contribution in [2.24, 2.45) is 22.9 Å². The number of nitrogens with zero attached hydrogens (tertiary/aromatic N) is 3. The SMILES string of the molecule is C=CCO[C@@]12Oc3ccc(Oc4ccc(C)c(C)c4)cc3[C@H]3[C@H](CCCCO)[C@@H](CCCCO)C=C(C(=NOC4CCCCO4)C[C@@H]1N(C)C(=O)Oc1ccc([N+](=O)[O-])cc1)[C@H]32. The number of nitro groups is 1. The zero-order valence-corrected chi connectivity index (χ0v) is 35.9. The van der Waals surface area contributed by atoms with Crippen molar-refractivity contribution in [3.05, 3.63) is 112 Å². The van der Waals surface area contributed by atoms with E-state index in [0.717, 1.165) is 60.8 Å². The number of fused-ring (bicyclic) bond motifs is 2. The molecule has 0 radical (unpaired) electrons. The monoisotopic (exact) mass is 853 g/mol. The third kappa shape index (κ3) is 9.68.